The van der Waals surface area contributed by atoms with Gasteiger partial charge in [-0.2, -0.15) is 11.8 Å². The van der Waals surface area contributed by atoms with E-state index in [2.05, 4.69) is 4.90 Å². The van der Waals surface area contributed by atoms with Crippen molar-refractivity contribution in [2.45, 2.75) is 6.92 Å². The molecule has 18 heavy (non-hydrogen) atoms. The van der Waals surface area contributed by atoms with Crippen molar-refractivity contribution in [3.05, 3.63) is 29.8 Å². The Hall–Kier alpha value is -1.00. The van der Waals surface area contributed by atoms with E-state index in [9.17, 15) is 4.79 Å². The standard InChI is InChI=1S/C14H21NO2S/c1-4-17-14-8-6-5-7-12(14)13(16)11-18-10-9-15(2)3/h5-8H,4,9-11H2,1-3H3. The molecule has 100 valence electrons. The molecule has 0 bridgehead atoms. The Bertz CT molecular complexity index is 380. The number of hydrogen-bond donors (Lipinski definition) is 0. The maximum atomic E-state index is 12.1. The van der Waals surface area contributed by atoms with Crippen molar-refractivity contribution in [2.75, 3.05) is 38.8 Å². The largest absolute Gasteiger partial charge is 0.493 e. The lowest BCUT2D eigenvalue weighted by Gasteiger charge is -2.10. The third kappa shape index (κ3) is 5.10. The summed E-state index contributed by atoms with van der Waals surface area (Å²) >= 11 is 1.66. The summed E-state index contributed by atoms with van der Waals surface area (Å²) in [6.07, 6.45) is 0. The number of benzene rings is 1. The minimum Gasteiger partial charge on any atom is -0.493 e. The van der Waals surface area contributed by atoms with Crippen molar-refractivity contribution in [3.63, 3.8) is 0 Å². The summed E-state index contributed by atoms with van der Waals surface area (Å²) in [5.41, 5.74) is 0.691. The first-order valence-corrected chi connectivity index (χ1v) is 7.28. The molecule has 1 aromatic rings. The number of nitrogens with zero attached hydrogens (tertiary/aromatic N) is 1. The number of para-hydroxylation sites is 1. The fraction of sp³-hybridized carbons (Fsp3) is 0.500. The molecule has 0 aromatic heterocycles. The van der Waals surface area contributed by atoms with Gasteiger partial charge in [-0.05, 0) is 33.2 Å². The fourth-order valence-corrected chi connectivity index (χ4v) is 2.45. The van der Waals surface area contributed by atoms with Crippen LogP contribution in [0.3, 0.4) is 0 Å². The number of carbonyl (C=O) groups excluding carboxylic acids is 1. The second-order valence-electron chi connectivity index (χ2n) is 4.21. The number of ether oxygens (including phenoxy) is 1. The van der Waals surface area contributed by atoms with E-state index in [-0.39, 0.29) is 5.78 Å². The Labute approximate surface area is 114 Å². The predicted octanol–water partition coefficient (Wildman–Crippen LogP) is 2.56. The lowest BCUT2D eigenvalue weighted by Crippen LogP contribution is -2.16. The molecule has 0 aliphatic heterocycles. The van der Waals surface area contributed by atoms with Gasteiger partial charge in [0.05, 0.1) is 17.9 Å². The molecule has 0 saturated carbocycles. The maximum Gasteiger partial charge on any atom is 0.176 e. The van der Waals surface area contributed by atoms with Gasteiger partial charge in [-0.1, -0.05) is 12.1 Å². The molecule has 0 aliphatic carbocycles. The van der Waals surface area contributed by atoms with Crippen LogP contribution in [0.2, 0.25) is 0 Å². The molecular weight excluding hydrogens is 246 g/mol. The average molecular weight is 267 g/mol. The second kappa shape index (κ2) is 8.16. The summed E-state index contributed by atoms with van der Waals surface area (Å²) in [4.78, 5) is 14.2. The van der Waals surface area contributed by atoms with Crippen LogP contribution >= 0.6 is 11.8 Å². The van der Waals surface area contributed by atoms with Crippen molar-refractivity contribution in [1.82, 2.24) is 4.90 Å². The quantitative estimate of drug-likeness (QED) is 0.535. The molecule has 4 heteroatoms. The molecule has 0 radical (unpaired) electrons. The van der Waals surface area contributed by atoms with E-state index in [0.29, 0.717) is 23.7 Å². The minimum atomic E-state index is 0.141. The third-order valence-corrected chi connectivity index (χ3v) is 3.34. The molecule has 0 N–H and O–H groups in total. The molecule has 0 saturated heterocycles. The summed E-state index contributed by atoms with van der Waals surface area (Å²) in [5.74, 6) is 2.31. The van der Waals surface area contributed by atoms with Crippen LogP contribution in [0, 0.1) is 0 Å². The van der Waals surface area contributed by atoms with Gasteiger partial charge in [-0.15, -0.1) is 0 Å². The highest BCUT2D eigenvalue weighted by atomic mass is 32.2. The van der Waals surface area contributed by atoms with Crippen LogP contribution in [0.4, 0.5) is 0 Å². The van der Waals surface area contributed by atoms with Crippen LogP contribution in [-0.2, 0) is 0 Å². The van der Waals surface area contributed by atoms with Gasteiger partial charge in [-0.3, -0.25) is 4.79 Å². The average Bonchev–Trinajstić information content (AvgIpc) is 2.35. The molecule has 0 heterocycles. The number of carbonyl (C=O) groups is 1. The molecule has 0 unspecified atom stereocenters. The van der Waals surface area contributed by atoms with Gasteiger partial charge in [0.1, 0.15) is 5.75 Å². The molecular formula is C14H21NO2S. The van der Waals surface area contributed by atoms with E-state index < -0.39 is 0 Å². The number of ketones is 1. The molecule has 0 atom stereocenters. The van der Waals surface area contributed by atoms with Crippen molar-refractivity contribution in [2.24, 2.45) is 0 Å². The maximum absolute atomic E-state index is 12.1. The Morgan fingerprint density at radius 3 is 2.72 bits per heavy atom. The van der Waals surface area contributed by atoms with Crippen molar-refractivity contribution in [3.8, 4) is 5.75 Å². The smallest absolute Gasteiger partial charge is 0.176 e. The first-order valence-electron chi connectivity index (χ1n) is 6.12. The fourth-order valence-electron chi connectivity index (χ4n) is 1.47. The van der Waals surface area contributed by atoms with Crippen molar-refractivity contribution < 1.29 is 9.53 Å². The first-order chi connectivity index (χ1) is 8.65. The summed E-state index contributed by atoms with van der Waals surface area (Å²) < 4.78 is 5.46. The highest BCUT2D eigenvalue weighted by molar-refractivity contribution is 8.00. The Morgan fingerprint density at radius 1 is 1.33 bits per heavy atom. The van der Waals surface area contributed by atoms with Crippen LogP contribution in [-0.4, -0.2) is 49.4 Å². The second-order valence-corrected chi connectivity index (χ2v) is 5.31. The van der Waals surface area contributed by atoms with E-state index in [1.807, 2.05) is 45.3 Å². The zero-order valence-electron chi connectivity index (χ0n) is 11.3. The normalized spacial score (nSPS) is 10.7. The Morgan fingerprint density at radius 2 is 2.06 bits per heavy atom. The molecule has 0 spiro atoms. The number of hydrogen-bond acceptors (Lipinski definition) is 4. The summed E-state index contributed by atoms with van der Waals surface area (Å²) in [7, 11) is 4.07. The van der Waals surface area contributed by atoms with Gasteiger partial charge in [0, 0.05) is 12.3 Å². The van der Waals surface area contributed by atoms with Crippen LogP contribution < -0.4 is 4.74 Å². The SMILES string of the molecule is CCOc1ccccc1C(=O)CSCCN(C)C. The van der Waals surface area contributed by atoms with Crippen molar-refractivity contribution >= 4 is 17.5 Å². The summed E-state index contributed by atoms with van der Waals surface area (Å²) in [6.45, 7) is 3.50. The zero-order chi connectivity index (χ0) is 13.4. The van der Waals surface area contributed by atoms with E-state index in [1.165, 1.54) is 0 Å². The lowest BCUT2D eigenvalue weighted by atomic mass is 10.1. The predicted molar refractivity (Wildman–Crippen MR) is 77.8 cm³/mol. The van der Waals surface area contributed by atoms with Crippen molar-refractivity contribution in [1.29, 1.82) is 0 Å². The lowest BCUT2D eigenvalue weighted by molar-refractivity contribution is 0.101. The molecule has 1 aromatic carbocycles. The third-order valence-electron chi connectivity index (χ3n) is 2.40. The minimum absolute atomic E-state index is 0.141. The number of thioether (sulfide) groups is 1. The van der Waals surface area contributed by atoms with Gasteiger partial charge >= 0.3 is 0 Å². The summed E-state index contributed by atoms with van der Waals surface area (Å²) in [6, 6.07) is 7.45. The van der Waals surface area contributed by atoms with E-state index in [4.69, 9.17) is 4.74 Å². The highest BCUT2D eigenvalue weighted by Gasteiger charge is 2.11. The molecule has 0 amide bonds. The number of rotatable bonds is 8. The highest BCUT2D eigenvalue weighted by Crippen LogP contribution is 2.20. The monoisotopic (exact) mass is 267 g/mol. The van der Waals surface area contributed by atoms with Gasteiger partial charge in [0.15, 0.2) is 5.78 Å². The van der Waals surface area contributed by atoms with Crippen LogP contribution in [0.1, 0.15) is 17.3 Å². The van der Waals surface area contributed by atoms with Gasteiger partial charge in [-0.25, -0.2) is 0 Å². The van der Waals surface area contributed by atoms with Crippen LogP contribution in [0.5, 0.6) is 5.75 Å². The first kappa shape index (κ1) is 15.1. The molecule has 3 nitrogen and oxygen atoms in total. The molecule has 1 rings (SSSR count). The zero-order valence-corrected chi connectivity index (χ0v) is 12.1. The van der Waals surface area contributed by atoms with Gasteiger partial charge < -0.3 is 9.64 Å². The van der Waals surface area contributed by atoms with E-state index >= 15 is 0 Å². The van der Waals surface area contributed by atoms with E-state index in [1.54, 1.807) is 11.8 Å². The number of Topliss-reactive ketones (excluding diaryl/α,β-unsaturated/α-hetero) is 1. The Kier molecular flexibility index (Phi) is 6.83. The topological polar surface area (TPSA) is 29.5 Å². The van der Waals surface area contributed by atoms with Crippen LogP contribution in [0.25, 0.3) is 0 Å². The van der Waals surface area contributed by atoms with Crippen LogP contribution in [0.15, 0.2) is 24.3 Å². The Balaban J connectivity index is 2.50. The van der Waals surface area contributed by atoms with Gasteiger partial charge in [0.25, 0.3) is 0 Å². The molecule has 0 fully saturated rings. The molecule has 0 aliphatic rings. The summed E-state index contributed by atoms with van der Waals surface area (Å²) in [5, 5.41) is 0. The van der Waals surface area contributed by atoms with Gasteiger partial charge in [0.2, 0.25) is 0 Å². The van der Waals surface area contributed by atoms with E-state index in [0.717, 1.165) is 12.3 Å².